The van der Waals surface area contributed by atoms with Crippen molar-refractivity contribution in [3.8, 4) is 11.4 Å². The number of urea groups is 1. The predicted molar refractivity (Wildman–Crippen MR) is 137 cm³/mol. The van der Waals surface area contributed by atoms with Gasteiger partial charge in [-0.15, -0.1) is 0 Å². The number of H-pyrrole nitrogens is 1. The molecule has 0 bridgehead atoms. The van der Waals surface area contributed by atoms with Crippen molar-refractivity contribution in [1.82, 2.24) is 29.9 Å². The van der Waals surface area contributed by atoms with Crippen molar-refractivity contribution in [3.63, 3.8) is 0 Å². The van der Waals surface area contributed by atoms with E-state index in [1.165, 1.54) is 0 Å². The molecular weight excluding hydrogens is 513 g/mol. The van der Waals surface area contributed by atoms with Crippen LogP contribution in [0, 0.1) is 11.8 Å². The Morgan fingerprint density at radius 2 is 2.05 bits per heavy atom. The Labute approximate surface area is 222 Å². The maximum atomic E-state index is 13.2. The fourth-order valence-electron chi connectivity index (χ4n) is 6.23. The minimum absolute atomic E-state index is 0.0121. The SMILES string of the molecule is O=C(Nc1cn[nH]c1-c1cc2c(cn1)c(N1CC(C(F)(F)F)C1)nn2CC1CCOC1)N1CCCCC12CC2. The number of halogens is 3. The number of piperidine rings is 1. The molecule has 7 rings (SSSR count). The lowest BCUT2D eigenvalue weighted by Crippen LogP contribution is -2.53. The number of nitrogens with one attached hydrogen (secondary N) is 2. The van der Waals surface area contributed by atoms with Crippen LogP contribution in [-0.4, -0.2) is 80.5 Å². The van der Waals surface area contributed by atoms with Crippen LogP contribution in [0.2, 0.25) is 0 Å². The number of likely N-dealkylation sites (tertiary alicyclic amines) is 1. The maximum absolute atomic E-state index is 13.2. The zero-order valence-electron chi connectivity index (χ0n) is 21.5. The number of alkyl halides is 3. The number of aromatic amines is 1. The van der Waals surface area contributed by atoms with Crippen LogP contribution < -0.4 is 10.2 Å². The molecule has 3 saturated heterocycles. The van der Waals surface area contributed by atoms with Crippen molar-refractivity contribution in [3.05, 3.63) is 18.5 Å². The number of ether oxygens (including phenoxy) is 1. The van der Waals surface area contributed by atoms with Gasteiger partial charge in [0.15, 0.2) is 5.82 Å². The first kappa shape index (κ1) is 24.7. The number of carbonyl (C=O) groups excluding carboxylic acids is 1. The molecule has 3 aromatic rings. The van der Waals surface area contributed by atoms with Gasteiger partial charge in [0.25, 0.3) is 0 Å². The van der Waals surface area contributed by atoms with Gasteiger partial charge in [-0.05, 0) is 44.6 Å². The zero-order valence-corrected chi connectivity index (χ0v) is 21.5. The van der Waals surface area contributed by atoms with Gasteiger partial charge in [-0.3, -0.25) is 14.8 Å². The Hall–Kier alpha value is -3.35. The minimum atomic E-state index is -4.21. The lowest BCUT2D eigenvalue weighted by atomic mass is 9.99. The molecule has 1 unspecified atom stereocenters. The summed E-state index contributed by atoms with van der Waals surface area (Å²) in [6.07, 6.45) is 5.25. The van der Waals surface area contributed by atoms with E-state index in [1.54, 1.807) is 17.3 Å². The molecule has 0 radical (unpaired) electrons. The van der Waals surface area contributed by atoms with E-state index in [4.69, 9.17) is 9.84 Å². The number of pyridine rings is 1. The van der Waals surface area contributed by atoms with Gasteiger partial charge in [0.1, 0.15) is 5.69 Å². The number of fused-ring (bicyclic) bond motifs is 1. The van der Waals surface area contributed by atoms with E-state index in [9.17, 15) is 18.0 Å². The number of nitrogens with zero attached hydrogens (tertiary/aromatic N) is 6. The molecule has 208 valence electrons. The van der Waals surface area contributed by atoms with Crippen LogP contribution in [-0.2, 0) is 11.3 Å². The van der Waals surface area contributed by atoms with Crippen LogP contribution >= 0.6 is 0 Å². The van der Waals surface area contributed by atoms with E-state index < -0.39 is 12.1 Å². The molecule has 2 amide bonds. The molecule has 1 spiro atoms. The summed E-state index contributed by atoms with van der Waals surface area (Å²) in [7, 11) is 0. The first-order valence-corrected chi connectivity index (χ1v) is 13.7. The average molecular weight is 545 g/mol. The summed E-state index contributed by atoms with van der Waals surface area (Å²) in [6.45, 7) is 2.45. The van der Waals surface area contributed by atoms with Gasteiger partial charge >= 0.3 is 12.2 Å². The van der Waals surface area contributed by atoms with Crippen LogP contribution in [0.3, 0.4) is 0 Å². The summed E-state index contributed by atoms with van der Waals surface area (Å²) in [5.41, 5.74) is 2.48. The van der Waals surface area contributed by atoms with E-state index in [-0.39, 0.29) is 30.6 Å². The second-order valence-corrected chi connectivity index (χ2v) is 11.4. The summed E-state index contributed by atoms with van der Waals surface area (Å²) in [5.74, 6) is -0.557. The van der Waals surface area contributed by atoms with E-state index in [0.717, 1.165) is 50.6 Å². The van der Waals surface area contributed by atoms with Crippen LogP contribution in [0.4, 0.5) is 29.5 Å². The standard InChI is InChI=1S/C26H31F3N8O2/c27-26(28,29)17-13-35(14-17)23-18-10-30-19(9-21(18)37(34-23)12-16-3-8-39-15-16)22-20(11-31-33-22)32-24(38)36-7-2-1-4-25(36)5-6-25/h9-11,16-17H,1-8,12-15H2,(H,31,33)(H,32,38). The topological polar surface area (TPSA) is 104 Å². The van der Waals surface area contributed by atoms with Crippen LogP contribution in [0.1, 0.15) is 38.5 Å². The normalized spacial score (nSPS) is 23.0. The number of hydrogen-bond acceptors (Lipinski definition) is 6. The lowest BCUT2D eigenvalue weighted by molar-refractivity contribution is -0.180. The third-order valence-electron chi connectivity index (χ3n) is 8.77. The quantitative estimate of drug-likeness (QED) is 0.493. The molecule has 0 aromatic carbocycles. The predicted octanol–water partition coefficient (Wildman–Crippen LogP) is 4.41. The number of aromatic nitrogens is 5. The van der Waals surface area contributed by atoms with E-state index >= 15 is 0 Å². The van der Waals surface area contributed by atoms with Crippen molar-refractivity contribution in [2.24, 2.45) is 11.8 Å². The Kier molecular flexibility index (Phi) is 5.76. The van der Waals surface area contributed by atoms with E-state index in [1.807, 2.05) is 15.6 Å². The van der Waals surface area contributed by atoms with Crippen molar-refractivity contribution in [1.29, 1.82) is 0 Å². The van der Waals surface area contributed by atoms with Crippen LogP contribution in [0.25, 0.3) is 22.3 Å². The number of hydrogen-bond donors (Lipinski definition) is 2. The second-order valence-electron chi connectivity index (χ2n) is 11.4. The van der Waals surface area contributed by atoms with Crippen LogP contribution in [0.5, 0.6) is 0 Å². The Morgan fingerprint density at radius 1 is 1.21 bits per heavy atom. The highest BCUT2D eigenvalue weighted by atomic mass is 19.4. The molecular formula is C26H31F3N8O2. The summed E-state index contributed by atoms with van der Waals surface area (Å²) in [6, 6.07) is 1.75. The molecule has 2 N–H and O–H groups in total. The summed E-state index contributed by atoms with van der Waals surface area (Å²) < 4.78 is 46.9. The first-order valence-electron chi connectivity index (χ1n) is 13.7. The number of carbonyl (C=O) groups is 1. The van der Waals surface area contributed by atoms with Gasteiger partial charge in [0, 0.05) is 50.4 Å². The number of amides is 2. The molecule has 4 fully saturated rings. The molecule has 13 heteroatoms. The molecule has 1 atom stereocenters. The summed E-state index contributed by atoms with van der Waals surface area (Å²) in [5, 5.41) is 15.6. The molecule has 4 aliphatic rings. The van der Waals surface area contributed by atoms with Crippen molar-refractivity contribution >= 4 is 28.4 Å². The second kappa shape index (κ2) is 9.10. The third kappa shape index (κ3) is 4.40. The highest BCUT2D eigenvalue weighted by Gasteiger charge is 2.51. The largest absolute Gasteiger partial charge is 0.395 e. The van der Waals surface area contributed by atoms with Gasteiger partial charge in [-0.2, -0.15) is 23.4 Å². The number of anilines is 2. The minimum Gasteiger partial charge on any atom is -0.381 e. The average Bonchev–Trinajstić information content (AvgIpc) is 3.24. The van der Waals surface area contributed by atoms with Crippen molar-refractivity contribution in [2.45, 2.75) is 56.8 Å². The third-order valence-corrected chi connectivity index (χ3v) is 8.77. The van der Waals surface area contributed by atoms with Crippen molar-refractivity contribution in [2.75, 3.05) is 43.1 Å². The molecule has 6 heterocycles. The Balaban J connectivity index is 1.18. The van der Waals surface area contributed by atoms with Gasteiger partial charge < -0.3 is 19.9 Å². The lowest BCUT2D eigenvalue weighted by Gasteiger charge is -2.40. The van der Waals surface area contributed by atoms with Crippen LogP contribution in [0.15, 0.2) is 18.5 Å². The molecule has 3 aromatic heterocycles. The fourth-order valence-corrected chi connectivity index (χ4v) is 6.23. The molecule has 1 aliphatic carbocycles. The fraction of sp³-hybridized carbons (Fsp3) is 0.615. The zero-order chi connectivity index (χ0) is 26.8. The van der Waals surface area contributed by atoms with Gasteiger partial charge in [0.2, 0.25) is 0 Å². The van der Waals surface area contributed by atoms with Gasteiger partial charge in [-0.25, -0.2) is 4.79 Å². The van der Waals surface area contributed by atoms with E-state index in [0.29, 0.717) is 48.0 Å². The van der Waals surface area contributed by atoms with Crippen molar-refractivity contribution < 1.29 is 22.7 Å². The Bertz CT molecular complexity index is 1390. The monoisotopic (exact) mass is 544 g/mol. The summed E-state index contributed by atoms with van der Waals surface area (Å²) in [4.78, 5) is 21.5. The number of rotatable bonds is 5. The highest BCUT2D eigenvalue weighted by Crippen LogP contribution is 2.48. The summed E-state index contributed by atoms with van der Waals surface area (Å²) >= 11 is 0. The molecule has 3 aliphatic heterocycles. The maximum Gasteiger partial charge on any atom is 0.395 e. The Morgan fingerprint density at radius 3 is 2.79 bits per heavy atom. The van der Waals surface area contributed by atoms with Gasteiger partial charge in [0.05, 0.1) is 41.0 Å². The van der Waals surface area contributed by atoms with E-state index in [2.05, 4.69) is 20.5 Å². The first-order chi connectivity index (χ1) is 18.8. The smallest absolute Gasteiger partial charge is 0.381 e. The molecule has 1 saturated carbocycles. The van der Waals surface area contributed by atoms with Gasteiger partial charge in [-0.1, -0.05) is 0 Å². The molecule has 39 heavy (non-hydrogen) atoms. The molecule has 10 nitrogen and oxygen atoms in total. The highest BCUT2D eigenvalue weighted by molar-refractivity contribution is 5.96.